The molecule has 0 heterocycles. The molecule has 0 radical (unpaired) electrons. The summed E-state index contributed by atoms with van der Waals surface area (Å²) in [4.78, 5) is 0. The Morgan fingerprint density at radius 1 is 0.625 bits per heavy atom. The summed E-state index contributed by atoms with van der Waals surface area (Å²) in [6.07, 6.45) is -4.93. The third-order valence-electron chi connectivity index (χ3n) is 6.43. The SMILES string of the molecule is CCC(F)=C(F)c1ccc(-c2ccc(CCc3ccc(-c4cc(F)c(C(F)(F)F)c(F)c4)c(F)c3)c(F)c2)cc1. The van der Waals surface area contributed by atoms with Crippen molar-refractivity contribution in [1.82, 2.24) is 0 Å². The van der Waals surface area contributed by atoms with Gasteiger partial charge in [0, 0.05) is 11.1 Å². The summed E-state index contributed by atoms with van der Waals surface area (Å²) in [5.74, 6) is -6.94. The minimum absolute atomic E-state index is 0.0733. The number of hydrogen-bond donors (Lipinski definition) is 0. The molecule has 0 nitrogen and oxygen atoms in total. The Hall–Kier alpha value is -4.01. The van der Waals surface area contributed by atoms with E-state index < -0.39 is 52.2 Å². The van der Waals surface area contributed by atoms with E-state index in [0.717, 1.165) is 6.07 Å². The van der Waals surface area contributed by atoms with Crippen LogP contribution in [0.25, 0.3) is 28.1 Å². The van der Waals surface area contributed by atoms with Gasteiger partial charge in [-0.25, -0.2) is 26.3 Å². The fourth-order valence-corrected chi connectivity index (χ4v) is 4.28. The summed E-state index contributed by atoms with van der Waals surface area (Å²) < 4.78 is 123. The van der Waals surface area contributed by atoms with Crippen LogP contribution in [0.1, 0.15) is 35.6 Å². The highest BCUT2D eigenvalue weighted by Crippen LogP contribution is 2.36. The van der Waals surface area contributed by atoms with Gasteiger partial charge in [-0.15, -0.1) is 0 Å². The van der Waals surface area contributed by atoms with E-state index in [9.17, 15) is 39.5 Å². The van der Waals surface area contributed by atoms with Gasteiger partial charge in [0.05, 0.1) is 0 Å². The van der Waals surface area contributed by atoms with Gasteiger partial charge in [-0.05, 0) is 71.3 Å². The average Bonchev–Trinajstić information content (AvgIpc) is 2.90. The van der Waals surface area contributed by atoms with Crippen LogP contribution in [-0.4, -0.2) is 0 Å². The van der Waals surface area contributed by atoms with Crippen LogP contribution in [0.15, 0.2) is 78.6 Å². The first-order valence-corrected chi connectivity index (χ1v) is 12.2. The highest BCUT2D eigenvalue weighted by atomic mass is 19.4. The molecule has 0 bridgehead atoms. The highest BCUT2D eigenvalue weighted by molar-refractivity contribution is 5.69. The first-order chi connectivity index (χ1) is 18.9. The van der Waals surface area contributed by atoms with Crippen molar-refractivity contribution in [2.45, 2.75) is 32.4 Å². The van der Waals surface area contributed by atoms with Crippen LogP contribution < -0.4 is 0 Å². The first kappa shape index (κ1) is 29.0. The number of rotatable bonds is 7. The lowest BCUT2D eigenvalue weighted by molar-refractivity contribution is -0.142. The molecular formula is C31H21F9. The third-order valence-corrected chi connectivity index (χ3v) is 6.43. The highest BCUT2D eigenvalue weighted by Gasteiger charge is 2.38. The van der Waals surface area contributed by atoms with E-state index >= 15 is 0 Å². The molecule has 40 heavy (non-hydrogen) atoms. The van der Waals surface area contributed by atoms with E-state index in [-0.39, 0.29) is 30.4 Å². The molecule has 0 saturated heterocycles. The summed E-state index contributed by atoms with van der Waals surface area (Å²) in [5, 5.41) is 0. The van der Waals surface area contributed by atoms with Crippen molar-refractivity contribution >= 4 is 5.83 Å². The molecule has 4 rings (SSSR count). The standard InChI is InChI=1S/C31H21F9/c1-2-24(32)30(37)20-9-6-18(7-10-20)21-11-8-19(25(33)14-21)5-3-17-4-12-23(26(34)13-17)22-15-27(35)29(28(36)16-22)31(38,39)40/h4,6-16H,2-3,5H2,1H3. The van der Waals surface area contributed by atoms with Gasteiger partial charge in [-0.2, -0.15) is 13.2 Å². The van der Waals surface area contributed by atoms with E-state index in [2.05, 4.69) is 0 Å². The van der Waals surface area contributed by atoms with Crippen molar-refractivity contribution in [3.8, 4) is 22.3 Å². The number of alkyl halides is 3. The summed E-state index contributed by atoms with van der Waals surface area (Å²) in [5.41, 5.74) is -0.787. The number of benzene rings is 4. The van der Waals surface area contributed by atoms with Crippen molar-refractivity contribution in [3.63, 3.8) is 0 Å². The molecule has 0 unspecified atom stereocenters. The molecule has 0 saturated carbocycles. The fraction of sp³-hybridized carbons (Fsp3) is 0.161. The topological polar surface area (TPSA) is 0 Å². The maximum absolute atomic E-state index is 14.8. The molecule has 0 aliphatic rings. The molecule has 0 aromatic heterocycles. The fourth-order valence-electron chi connectivity index (χ4n) is 4.28. The molecule has 0 fully saturated rings. The quantitative estimate of drug-likeness (QED) is 0.196. The molecule has 208 valence electrons. The summed E-state index contributed by atoms with van der Waals surface area (Å²) in [6, 6.07) is 14.9. The lowest BCUT2D eigenvalue weighted by Crippen LogP contribution is -2.11. The largest absolute Gasteiger partial charge is 0.422 e. The van der Waals surface area contributed by atoms with Crippen LogP contribution >= 0.6 is 0 Å². The Morgan fingerprint density at radius 2 is 1.23 bits per heavy atom. The Labute approximate surface area is 224 Å². The number of aryl methyl sites for hydroxylation is 2. The second-order valence-electron chi connectivity index (χ2n) is 9.08. The molecule has 0 spiro atoms. The zero-order valence-electron chi connectivity index (χ0n) is 21.0. The van der Waals surface area contributed by atoms with Gasteiger partial charge in [-0.1, -0.05) is 55.5 Å². The average molecular weight is 564 g/mol. The molecular weight excluding hydrogens is 543 g/mol. The van der Waals surface area contributed by atoms with E-state index in [1.807, 2.05) is 0 Å². The van der Waals surface area contributed by atoms with E-state index in [0.29, 0.717) is 34.4 Å². The van der Waals surface area contributed by atoms with Crippen LogP contribution in [0.3, 0.4) is 0 Å². The van der Waals surface area contributed by atoms with Crippen molar-refractivity contribution < 1.29 is 39.5 Å². The first-order valence-electron chi connectivity index (χ1n) is 12.2. The van der Waals surface area contributed by atoms with Crippen molar-refractivity contribution in [2.24, 2.45) is 0 Å². The number of allylic oxidation sites excluding steroid dienone is 1. The molecule has 0 amide bonds. The summed E-state index contributed by atoms with van der Waals surface area (Å²) >= 11 is 0. The van der Waals surface area contributed by atoms with Crippen molar-refractivity contribution in [1.29, 1.82) is 0 Å². The predicted molar refractivity (Wildman–Crippen MR) is 135 cm³/mol. The van der Waals surface area contributed by atoms with Crippen LogP contribution in [0.5, 0.6) is 0 Å². The lowest BCUT2D eigenvalue weighted by Gasteiger charge is -2.12. The second-order valence-corrected chi connectivity index (χ2v) is 9.08. The van der Waals surface area contributed by atoms with Crippen molar-refractivity contribution in [2.75, 3.05) is 0 Å². The molecule has 4 aromatic rings. The zero-order valence-corrected chi connectivity index (χ0v) is 21.0. The smallest absolute Gasteiger partial charge is 0.209 e. The molecule has 0 atom stereocenters. The van der Waals surface area contributed by atoms with Crippen molar-refractivity contribution in [3.05, 3.63) is 124 Å². The summed E-state index contributed by atoms with van der Waals surface area (Å²) in [6.45, 7) is 1.49. The molecule has 0 N–H and O–H groups in total. The summed E-state index contributed by atoms with van der Waals surface area (Å²) in [7, 11) is 0. The van der Waals surface area contributed by atoms with Gasteiger partial charge in [0.2, 0.25) is 0 Å². The van der Waals surface area contributed by atoms with Crippen LogP contribution in [0.2, 0.25) is 0 Å². The monoisotopic (exact) mass is 564 g/mol. The Bertz CT molecular complexity index is 1540. The number of hydrogen-bond acceptors (Lipinski definition) is 0. The van der Waals surface area contributed by atoms with Gasteiger partial charge < -0.3 is 0 Å². The maximum Gasteiger partial charge on any atom is 0.422 e. The van der Waals surface area contributed by atoms with Gasteiger partial charge in [0.1, 0.15) is 34.7 Å². The van der Waals surface area contributed by atoms with E-state index in [1.165, 1.54) is 37.3 Å². The van der Waals surface area contributed by atoms with Crippen LogP contribution in [-0.2, 0) is 19.0 Å². The normalized spacial score (nSPS) is 12.4. The minimum Gasteiger partial charge on any atom is -0.209 e. The predicted octanol–water partition coefficient (Wildman–Crippen LogP) is 10.4. The Balaban J connectivity index is 1.48. The zero-order chi connectivity index (χ0) is 29.2. The Morgan fingerprint density at radius 3 is 1.77 bits per heavy atom. The van der Waals surface area contributed by atoms with Gasteiger partial charge in [0.15, 0.2) is 5.83 Å². The third kappa shape index (κ3) is 6.24. The minimum atomic E-state index is -5.24. The maximum atomic E-state index is 14.8. The van der Waals surface area contributed by atoms with Gasteiger partial charge in [0.25, 0.3) is 0 Å². The Kier molecular flexibility index (Phi) is 8.42. The lowest BCUT2D eigenvalue weighted by atomic mass is 9.97. The van der Waals surface area contributed by atoms with Crippen LogP contribution in [0.4, 0.5) is 39.5 Å². The van der Waals surface area contributed by atoms with Gasteiger partial charge >= 0.3 is 6.18 Å². The van der Waals surface area contributed by atoms with Crippen LogP contribution in [0, 0.1) is 23.3 Å². The number of halogens is 9. The van der Waals surface area contributed by atoms with Gasteiger partial charge in [-0.3, -0.25) is 0 Å². The van der Waals surface area contributed by atoms with E-state index in [1.54, 1.807) is 24.3 Å². The molecule has 9 heteroatoms. The van der Waals surface area contributed by atoms with E-state index in [4.69, 9.17) is 0 Å². The molecule has 0 aliphatic carbocycles. The molecule has 0 aliphatic heterocycles. The molecule has 4 aromatic carbocycles. The second kappa shape index (κ2) is 11.6.